The highest BCUT2D eigenvalue weighted by atomic mass is 16.6. The zero-order chi connectivity index (χ0) is 9.60. The average Bonchev–Trinajstić information content (AvgIpc) is 2.98. The molecule has 0 atom stereocenters. The van der Waals surface area contributed by atoms with E-state index in [9.17, 15) is 4.79 Å². The molecule has 0 aromatic carbocycles. The number of carbonyl (C=O) groups is 1. The minimum atomic E-state index is -0.448. The lowest BCUT2D eigenvalue weighted by Crippen LogP contribution is -2.35. The van der Waals surface area contributed by atoms with Crippen molar-refractivity contribution >= 4 is 11.9 Å². The first kappa shape index (κ1) is 8.45. The molecule has 0 amide bonds. The molecular weight excluding hydrogens is 178 g/mol. The molecular formula is C11H15NO2. The second-order valence-electron chi connectivity index (χ2n) is 4.71. The Balaban J connectivity index is 1.86. The van der Waals surface area contributed by atoms with Crippen LogP contribution in [0.15, 0.2) is 4.99 Å². The molecule has 1 aliphatic heterocycles. The molecule has 3 nitrogen and oxygen atoms in total. The first-order valence-electron chi connectivity index (χ1n) is 5.62. The van der Waals surface area contributed by atoms with Gasteiger partial charge >= 0.3 is 5.97 Å². The van der Waals surface area contributed by atoms with E-state index in [4.69, 9.17) is 4.74 Å². The Morgan fingerprint density at radius 3 is 2.57 bits per heavy atom. The molecule has 2 aliphatic carbocycles. The van der Waals surface area contributed by atoms with E-state index in [2.05, 4.69) is 4.99 Å². The summed E-state index contributed by atoms with van der Waals surface area (Å²) in [5, 5.41) is 0. The van der Waals surface area contributed by atoms with Gasteiger partial charge in [-0.2, -0.15) is 0 Å². The van der Waals surface area contributed by atoms with Gasteiger partial charge < -0.3 is 4.74 Å². The minimum absolute atomic E-state index is 0.0703. The third-order valence-electron chi connectivity index (χ3n) is 3.51. The maximum atomic E-state index is 11.8. The Bertz CT molecular complexity index is 298. The third kappa shape index (κ3) is 1.18. The molecule has 1 heterocycles. The molecule has 0 saturated heterocycles. The van der Waals surface area contributed by atoms with Crippen molar-refractivity contribution in [3.8, 4) is 0 Å². The van der Waals surface area contributed by atoms with Crippen LogP contribution in [-0.4, -0.2) is 17.4 Å². The molecule has 3 heteroatoms. The zero-order valence-corrected chi connectivity index (χ0v) is 8.29. The summed E-state index contributed by atoms with van der Waals surface area (Å²) in [6.45, 7) is 0. The Kier molecular flexibility index (Phi) is 1.70. The van der Waals surface area contributed by atoms with Gasteiger partial charge in [0.1, 0.15) is 0 Å². The normalized spacial score (nSPS) is 30.3. The molecule has 3 aliphatic rings. The summed E-state index contributed by atoms with van der Waals surface area (Å²) < 4.78 is 5.29. The van der Waals surface area contributed by atoms with E-state index in [0.717, 1.165) is 44.4 Å². The Morgan fingerprint density at radius 1 is 1.21 bits per heavy atom. The van der Waals surface area contributed by atoms with Crippen molar-refractivity contribution in [3.05, 3.63) is 0 Å². The van der Waals surface area contributed by atoms with Crippen molar-refractivity contribution in [1.82, 2.24) is 0 Å². The second kappa shape index (κ2) is 2.81. The summed E-state index contributed by atoms with van der Waals surface area (Å²) >= 11 is 0. The van der Waals surface area contributed by atoms with Gasteiger partial charge in [-0.05, 0) is 25.7 Å². The number of aliphatic imine (C=N–C) groups is 1. The van der Waals surface area contributed by atoms with Gasteiger partial charge in [0, 0.05) is 5.92 Å². The van der Waals surface area contributed by atoms with Crippen LogP contribution in [0.4, 0.5) is 0 Å². The summed E-state index contributed by atoms with van der Waals surface area (Å²) in [5.74, 6) is 1.15. The largest absolute Gasteiger partial charge is 0.410 e. The lowest BCUT2D eigenvalue weighted by Gasteiger charge is -2.25. The third-order valence-corrected chi connectivity index (χ3v) is 3.51. The van der Waals surface area contributed by atoms with Gasteiger partial charge in [-0.1, -0.05) is 19.3 Å². The Morgan fingerprint density at radius 2 is 1.93 bits per heavy atom. The molecule has 0 aromatic rings. The average molecular weight is 193 g/mol. The number of nitrogens with zero attached hydrogens (tertiary/aromatic N) is 1. The number of carbonyl (C=O) groups excluding carboxylic acids is 1. The van der Waals surface area contributed by atoms with E-state index in [1.807, 2.05) is 0 Å². The smallest absolute Gasteiger partial charge is 0.340 e. The van der Waals surface area contributed by atoms with Crippen molar-refractivity contribution < 1.29 is 9.53 Å². The van der Waals surface area contributed by atoms with Crippen LogP contribution in [0.5, 0.6) is 0 Å². The quantitative estimate of drug-likeness (QED) is 0.598. The van der Waals surface area contributed by atoms with Crippen LogP contribution in [-0.2, 0) is 9.53 Å². The molecule has 14 heavy (non-hydrogen) atoms. The summed E-state index contributed by atoms with van der Waals surface area (Å²) in [7, 11) is 0. The second-order valence-corrected chi connectivity index (χ2v) is 4.71. The molecule has 0 N–H and O–H groups in total. The highest BCUT2D eigenvalue weighted by Crippen LogP contribution is 2.41. The fraction of sp³-hybridized carbons (Fsp3) is 0.818. The lowest BCUT2D eigenvalue weighted by atomic mass is 9.83. The summed E-state index contributed by atoms with van der Waals surface area (Å²) in [6, 6.07) is 0. The van der Waals surface area contributed by atoms with Gasteiger partial charge in [-0.25, -0.2) is 9.79 Å². The van der Waals surface area contributed by atoms with Crippen molar-refractivity contribution in [2.24, 2.45) is 10.9 Å². The van der Waals surface area contributed by atoms with E-state index in [1.165, 1.54) is 6.42 Å². The molecule has 3 rings (SSSR count). The van der Waals surface area contributed by atoms with Crippen molar-refractivity contribution in [3.63, 3.8) is 0 Å². The van der Waals surface area contributed by atoms with E-state index in [1.54, 1.807) is 0 Å². The lowest BCUT2D eigenvalue weighted by molar-refractivity contribution is -0.140. The number of esters is 1. The van der Waals surface area contributed by atoms with Gasteiger partial charge in [0.25, 0.3) is 0 Å². The van der Waals surface area contributed by atoms with Crippen LogP contribution in [0.1, 0.15) is 44.9 Å². The zero-order valence-electron chi connectivity index (χ0n) is 8.29. The monoisotopic (exact) mass is 193 g/mol. The predicted molar refractivity (Wildman–Crippen MR) is 52.1 cm³/mol. The van der Waals surface area contributed by atoms with Crippen LogP contribution < -0.4 is 0 Å². The van der Waals surface area contributed by atoms with Crippen LogP contribution >= 0.6 is 0 Å². The van der Waals surface area contributed by atoms with Gasteiger partial charge in [0.15, 0.2) is 11.4 Å². The van der Waals surface area contributed by atoms with Crippen LogP contribution in [0.3, 0.4) is 0 Å². The highest BCUT2D eigenvalue weighted by molar-refractivity contribution is 6.01. The minimum Gasteiger partial charge on any atom is -0.410 e. The highest BCUT2D eigenvalue weighted by Gasteiger charge is 2.49. The molecule has 0 unspecified atom stereocenters. The van der Waals surface area contributed by atoms with Crippen LogP contribution in [0.2, 0.25) is 0 Å². The standard InChI is InChI=1S/C11H15NO2/c13-10-11(6-2-1-3-7-11)12-9(14-10)8-4-5-8/h8H,1-7H2. The number of hydrogen-bond donors (Lipinski definition) is 0. The summed E-state index contributed by atoms with van der Waals surface area (Å²) in [5.41, 5.74) is -0.448. The molecule has 2 fully saturated rings. The number of hydrogen-bond acceptors (Lipinski definition) is 3. The van der Waals surface area contributed by atoms with Crippen molar-refractivity contribution in [2.75, 3.05) is 0 Å². The van der Waals surface area contributed by atoms with E-state index in [0.29, 0.717) is 5.92 Å². The van der Waals surface area contributed by atoms with Crippen LogP contribution in [0.25, 0.3) is 0 Å². The molecule has 76 valence electrons. The Labute approximate surface area is 83.5 Å². The van der Waals surface area contributed by atoms with Crippen molar-refractivity contribution in [2.45, 2.75) is 50.5 Å². The van der Waals surface area contributed by atoms with E-state index < -0.39 is 5.54 Å². The van der Waals surface area contributed by atoms with Gasteiger partial charge in [-0.15, -0.1) is 0 Å². The van der Waals surface area contributed by atoms with Gasteiger partial charge in [-0.3, -0.25) is 0 Å². The summed E-state index contributed by atoms with van der Waals surface area (Å²) in [4.78, 5) is 16.3. The first-order chi connectivity index (χ1) is 6.80. The topological polar surface area (TPSA) is 38.7 Å². The first-order valence-corrected chi connectivity index (χ1v) is 5.62. The maximum absolute atomic E-state index is 11.8. The molecule has 1 spiro atoms. The summed E-state index contributed by atoms with van der Waals surface area (Å²) in [6.07, 6.45) is 7.60. The molecule has 0 radical (unpaired) electrons. The van der Waals surface area contributed by atoms with Crippen molar-refractivity contribution in [1.29, 1.82) is 0 Å². The Hall–Kier alpha value is -0.860. The molecule has 2 saturated carbocycles. The van der Waals surface area contributed by atoms with Gasteiger partial charge in [0.05, 0.1) is 0 Å². The maximum Gasteiger partial charge on any atom is 0.340 e. The number of ether oxygens (including phenoxy) is 1. The van der Waals surface area contributed by atoms with Gasteiger partial charge in [0.2, 0.25) is 0 Å². The molecule has 0 aromatic heterocycles. The predicted octanol–water partition coefficient (Wildman–Crippen LogP) is 2.05. The van der Waals surface area contributed by atoms with Crippen LogP contribution in [0, 0.1) is 5.92 Å². The number of rotatable bonds is 1. The van der Waals surface area contributed by atoms with E-state index in [-0.39, 0.29) is 5.97 Å². The van der Waals surface area contributed by atoms with E-state index >= 15 is 0 Å². The molecule has 0 bridgehead atoms. The number of cyclic esters (lactones) is 1. The fourth-order valence-electron chi connectivity index (χ4n) is 2.43. The SMILES string of the molecule is O=C1OC(C2CC2)=NC12CCCCC2. The fourth-order valence-corrected chi connectivity index (χ4v) is 2.43.